The van der Waals surface area contributed by atoms with E-state index in [-0.39, 0.29) is 29.9 Å². The van der Waals surface area contributed by atoms with Gasteiger partial charge in [0.1, 0.15) is 0 Å². The van der Waals surface area contributed by atoms with E-state index in [2.05, 4.69) is 32.4 Å². The molecule has 0 saturated carbocycles. The number of aliphatic imine (C=N–C) groups is 1. The highest BCUT2D eigenvalue weighted by molar-refractivity contribution is 14.0. The molecule has 24 heavy (non-hydrogen) atoms. The molecular formula is C17H23IN4OS. The molecule has 0 aliphatic heterocycles. The van der Waals surface area contributed by atoms with Crippen LogP contribution in [-0.2, 0) is 6.54 Å². The van der Waals surface area contributed by atoms with Crippen LogP contribution in [0, 0.1) is 0 Å². The Morgan fingerprint density at radius 2 is 1.83 bits per heavy atom. The fourth-order valence-corrected chi connectivity index (χ4v) is 2.60. The standard InChI is InChI=1S/C17H22N4OS.HI/c1-2-18-17(21-12-14-8-11-23-13-14)20-10-9-19-16(22)15-6-4-3-5-7-15;/h3-8,11,13H,2,9-10,12H2,1H3,(H,19,22)(H2,18,20,21);1H. The second-order valence-electron chi connectivity index (χ2n) is 4.88. The first-order valence-electron chi connectivity index (χ1n) is 7.66. The van der Waals surface area contributed by atoms with Gasteiger partial charge in [0.15, 0.2) is 5.96 Å². The summed E-state index contributed by atoms with van der Waals surface area (Å²) in [6, 6.07) is 11.3. The molecule has 1 amide bonds. The summed E-state index contributed by atoms with van der Waals surface area (Å²) in [5, 5.41) is 13.4. The summed E-state index contributed by atoms with van der Waals surface area (Å²) in [6.07, 6.45) is 0. The predicted molar refractivity (Wildman–Crippen MR) is 111 cm³/mol. The van der Waals surface area contributed by atoms with Gasteiger partial charge in [-0.2, -0.15) is 11.3 Å². The van der Waals surface area contributed by atoms with E-state index in [0.29, 0.717) is 25.2 Å². The van der Waals surface area contributed by atoms with Gasteiger partial charge < -0.3 is 16.0 Å². The van der Waals surface area contributed by atoms with Crippen molar-refractivity contribution < 1.29 is 4.79 Å². The maximum atomic E-state index is 11.9. The normalized spacial score (nSPS) is 10.6. The van der Waals surface area contributed by atoms with E-state index in [1.54, 1.807) is 23.5 Å². The largest absolute Gasteiger partial charge is 0.357 e. The van der Waals surface area contributed by atoms with E-state index in [9.17, 15) is 4.79 Å². The number of carbonyl (C=O) groups excluding carboxylic acids is 1. The molecule has 2 rings (SSSR count). The first-order chi connectivity index (χ1) is 11.3. The molecule has 7 heteroatoms. The van der Waals surface area contributed by atoms with Crippen molar-refractivity contribution in [2.24, 2.45) is 4.99 Å². The van der Waals surface area contributed by atoms with Gasteiger partial charge in [-0.3, -0.25) is 4.79 Å². The molecule has 0 radical (unpaired) electrons. The SMILES string of the molecule is CCNC(=NCc1ccsc1)NCCNC(=O)c1ccccc1.I. The molecule has 0 saturated heterocycles. The maximum Gasteiger partial charge on any atom is 0.251 e. The summed E-state index contributed by atoms with van der Waals surface area (Å²) < 4.78 is 0. The molecule has 2 aromatic rings. The minimum Gasteiger partial charge on any atom is -0.357 e. The zero-order chi connectivity index (χ0) is 16.3. The third-order valence-electron chi connectivity index (χ3n) is 3.08. The quantitative estimate of drug-likeness (QED) is 0.259. The molecule has 5 nitrogen and oxygen atoms in total. The number of hydrogen-bond donors (Lipinski definition) is 3. The lowest BCUT2D eigenvalue weighted by atomic mass is 10.2. The Balaban J connectivity index is 0.00000288. The van der Waals surface area contributed by atoms with Crippen LogP contribution < -0.4 is 16.0 Å². The maximum absolute atomic E-state index is 11.9. The Labute approximate surface area is 164 Å². The highest BCUT2D eigenvalue weighted by Gasteiger charge is 2.03. The van der Waals surface area contributed by atoms with Crippen LogP contribution in [0.15, 0.2) is 52.2 Å². The van der Waals surface area contributed by atoms with Crippen LogP contribution in [0.5, 0.6) is 0 Å². The molecule has 0 aliphatic carbocycles. The van der Waals surface area contributed by atoms with Gasteiger partial charge in [0, 0.05) is 25.2 Å². The van der Waals surface area contributed by atoms with Crippen LogP contribution in [0.3, 0.4) is 0 Å². The minimum absolute atomic E-state index is 0. The number of guanidine groups is 1. The average Bonchev–Trinajstić information content (AvgIpc) is 3.10. The van der Waals surface area contributed by atoms with Gasteiger partial charge in [-0.15, -0.1) is 24.0 Å². The van der Waals surface area contributed by atoms with E-state index in [1.165, 1.54) is 5.56 Å². The number of nitrogens with zero attached hydrogens (tertiary/aromatic N) is 1. The van der Waals surface area contributed by atoms with Crippen molar-refractivity contribution >= 4 is 47.2 Å². The second kappa shape index (κ2) is 11.9. The van der Waals surface area contributed by atoms with E-state index in [1.807, 2.05) is 30.5 Å². The van der Waals surface area contributed by atoms with E-state index in [4.69, 9.17) is 0 Å². The number of nitrogens with one attached hydrogen (secondary N) is 3. The Bertz CT molecular complexity index is 617. The molecule has 0 fully saturated rings. The Morgan fingerprint density at radius 1 is 1.08 bits per heavy atom. The van der Waals surface area contributed by atoms with E-state index < -0.39 is 0 Å². The predicted octanol–water partition coefficient (Wildman–Crippen LogP) is 2.85. The zero-order valence-electron chi connectivity index (χ0n) is 13.6. The van der Waals surface area contributed by atoms with Crippen LogP contribution in [0.1, 0.15) is 22.8 Å². The summed E-state index contributed by atoms with van der Waals surface area (Å²) in [7, 11) is 0. The van der Waals surface area contributed by atoms with Crippen molar-refractivity contribution in [2.45, 2.75) is 13.5 Å². The van der Waals surface area contributed by atoms with Crippen molar-refractivity contribution in [3.63, 3.8) is 0 Å². The number of carbonyl (C=O) groups is 1. The third-order valence-corrected chi connectivity index (χ3v) is 3.82. The van der Waals surface area contributed by atoms with E-state index >= 15 is 0 Å². The van der Waals surface area contributed by atoms with Gasteiger partial charge in [-0.05, 0) is 41.4 Å². The van der Waals surface area contributed by atoms with Crippen LogP contribution in [0.2, 0.25) is 0 Å². The molecule has 0 aliphatic rings. The number of halogens is 1. The topological polar surface area (TPSA) is 65.5 Å². The zero-order valence-corrected chi connectivity index (χ0v) is 16.8. The Morgan fingerprint density at radius 3 is 2.50 bits per heavy atom. The average molecular weight is 458 g/mol. The molecule has 0 bridgehead atoms. The highest BCUT2D eigenvalue weighted by Crippen LogP contribution is 2.06. The summed E-state index contributed by atoms with van der Waals surface area (Å²) >= 11 is 1.67. The number of hydrogen-bond acceptors (Lipinski definition) is 3. The second-order valence-corrected chi connectivity index (χ2v) is 5.66. The van der Waals surface area contributed by atoms with E-state index in [0.717, 1.165) is 12.5 Å². The summed E-state index contributed by atoms with van der Waals surface area (Å²) in [5.74, 6) is 0.695. The van der Waals surface area contributed by atoms with Crippen molar-refractivity contribution in [3.8, 4) is 0 Å². The van der Waals surface area contributed by atoms with Crippen molar-refractivity contribution in [1.82, 2.24) is 16.0 Å². The lowest BCUT2D eigenvalue weighted by Gasteiger charge is -2.11. The lowest BCUT2D eigenvalue weighted by molar-refractivity contribution is 0.0954. The molecule has 1 aromatic carbocycles. The van der Waals surface area contributed by atoms with Gasteiger partial charge in [0.05, 0.1) is 6.54 Å². The summed E-state index contributed by atoms with van der Waals surface area (Å²) in [4.78, 5) is 16.4. The van der Waals surface area contributed by atoms with Gasteiger partial charge >= 0.3 is 0 Å². The fraction of sp³-hybridized carbons (Fsp3) is 0.294. The molecule has 0 unspecified atom stereocenters. The minimum atomic E-state index is -0.0624. The monoisotopic (exact) mass is 458 g/mol. The number of benzene rings is 1. The Hall–Kier alpha value is -1.61. The van der Waals surface area contributed by atoms with Gasteiger partial charge in [-0.25, -0.2) is 4.99 Å². The Kier molecular flexibility index (Phi) is 10.1. The van der Waals surface area contributed by atoms with Crippen molar-refractivity contribution in [3.05, 3.63) is 58.3 Å². The fourth-order valence-electron chi connectivity index (χ4n) is 1.94. The first-order valence-corrected chi connectivity index (χ1v) is 8.60. The highest BCUT2D eigenvalue weighted by atomic mass is 127. The van der Waals surface area contributed by atoms with Gasteiger partial charge in [0.25, 0.3) is 5.91 Å². The van der Waals surface area contributed by atoms with Crippen LogP contribution in [-0.4, -0.2) is 31.5 Å². The third kappa shape index (κ3) is 7.31. The smallest absolute Gasteiger partial charge is 0.251 e. The number of amides is 1. The molecule has 0 spiro atoms. The van der Waals surface area contributed by atoms with Crippen LogP contribution in [0.4, 0.5) is 0 Å². The summed E-state index contributed by atoms with van der Waals surface area (Å²) in [5.41, 5.74) is 1.87. The van der Waals surface area contributed by atoms with Crippen molar-refractivity contribution in [1.29, 1.82) is 0 Å². The molecule has 3 N–H and O–H groups in total. The molecule has 0 atom stereocenters. The van der Waals surface area contributed by atoms with Crippen LogP contribution in [0.25, 0.3) is 0 Å². The molecular weight excluding hydrogens is 435 g/mol. The van der Waals surface area contributed by atoms with Crippen molar-refractivity contribution in [2.75, 3.05) is 19.6 Å². The summed E-state index contributed by atoms with van der Waals surface area (Å²) in [6.45, 7) is 4.63. The van der Waals surface area contributed by atoms with Gasteiger partial charge in [-0.1, -0.05) is 18.2 Å². The first kappa shape index (κ1) is 20.4. The molecule has 1 heterocycles. The molecule has 1 aromatic heterocycles. The number of rotatable bonds is 7. The number of thiophene rings is 1. The molecule has 130 valence electrons. The van der Waals surface area contributed by atoms with Gasteiger partial charge in [0.2, 0.25) is 0 Å². The lowest BCUT2D eigenvalue weighted by Crippen LogP contribution is -2.41. The van der Waals surface area contributed by atoms with Crippen LogP contribution >= 0.6 is 35.3 Å².